The van der Waals surface area contributed by atoms with Gasteiger partial charge in [-0.05, 0) is 37.9 Å². The van der Waals surface area contributed by atoms with Gasteiger partial charge >= 0.3 is 0 Å². The number of likely N-dealkylation sites (tertiary alicyclic amines) is 1. The minimum Gasteiger partial charge on any atom is -0.327 e. The van der Waals surface area contributed by atoms with Crippen molar-refractivity contribution in [1.29, 1.82) is 0 Å². The summed E-state index contributed by atoms with van der Waals surface area (Å²) in [6.45, 7) is 3.73. The molecule has 2 N–H and O–H groups in total. The van der Waals surface area contributed by atoms with Crippen molar-refractivity contribution in [2.45, 2.75) is 44.8 Å². The van der Waals surface area contributed by atoms with Gasteiger partial charge in [-0.3, -0.25) is 15.0 Å². The van der Waals surface area contributed by atoms with Crippen LogP contribution in [0.25, 0.3) is 0 Å². The van der Waals surface area contributed by atoms with Gasteiger partial charge in [0, 0.05) is 30.8 Å². The Morgan fingerprint density at radius 1 is 1.55 bits per heavy atom. The summed E-state index contributed by atoms with van der Waals surface area (Å²) in [5.41, 5.74) is 7.00. The third-order valence-electron chi connectivity index (χ3n) is 3.89. The second kappa shape index (κ2) is 6.52. The fraction of sp³-hybridized carbons (Fsp3) is 0.571. The summed E-state index contributed by atoms with van der Waals surface area (Å²) in [6, 6.07) is 5.14. The van der Waals surface area contributed by atoms with Crippen LogP contribution < -0.4 is 5.73 Å². The first-order valence-electron chi connectivity index (χ1n) is 6.91. The van der Waals surface area contributed by atoms with Crippen LogP contribution in [0.3, 0.4) is 0 Å². The molecule has 1 aromatic carbocycles. The fourth-order valence-corrected chi connectivity index (χ4v) is 3.04. The van der Waals surface area contributed by atoms with Gasteiger partial charge in [-0.1, -0.05) is 18.0 Å². The molecule has 0 aromatic heterocycles. The average molecular weight is 298 g/mol. The third-order valence-corrected chi connectivity index (χ3v) is 4.24. The van der Waals surface area contributed by atoms with Gasteiger partial charge in [0.2, 0.25) is 0 Å². The van der Waals surface area contributed by atoms with Gasteiger partial charge in [-0.25, -0.2) is 0 Å². The summed E-state index contributed by atoms with van der Waals surface area (Å²) in [5, 5.41) is 11.2. The van der Waals surface area contributed by atoms with E-state index in [-0.39, 0.29) is 11.7 Å². The zero-order chi connectivity index (χ0) is 14.7. The van der Waals surface area contributed by atoms with Crippen LogP contribution in [0.2, 0.25) is 5.02 Å². The first-order valence-corrected chi connectivity index (χ1v) is 7.29. The standard InChI is InChI=1S/C14H20ClN3O2/c1-10(16)14-4-2-3-7-17(14)9-11-5-6-12(18(19)20)8-13(11)15/h5-6,8,10,14H,2-4,7,9,16H2,1H3. The first kappa shape index (κ1) is 15.2. The van der Waals surface area contributed by atoms with Crippen molar-refractivity contribution in [2.75, 3.05) is 6.54 Å². The van der Waals surface area contributed by atoms with E-state index in [1.165, 1.54) is 18.6 Å². The van der Waals surface area contributed by atoms with Crippen LogP contribution in [-0.2, 0) is 6.54 Å². The van der Waals surface area contributed by atoms with Crippen molar-refractivity contribution in [2.24, 2.45) is 5.73 Å². The summed E-state index contributed by atoms with van der Waals surface area (Å²) in [5.74, 6) is 0. The van der Waals surface area contributed by atoms with E-state index in [0.29, 0.717) is 17.6 Å². The second-order valence-electron chi connectivity index (χ2n) is 5.43. The fourth-order valence-electron chi connectivity index (χ4n) is 2.81. The van der Waals surface area contributed by atoms with Crippen molar-refractivity contribution < 1.29 is 4.92 Å². The molecule has 2 rings (SSSR count). The highest BCUT2D eigenvalue weighted by Gasteiger charge is 2.26. The van der Waals surface area contributed by atoms with Gasteiger partial charge in [0.05, 0.1) is 9.95 Å². The lowest BCUT2D eigenvalue weighted by atomic mass is 9.96. The second-order valence-corrected chi connectivity index (χ2v) is 5.83. The van der Waals surface area contributed by atoms with Crippen molar-refractivity contribution in [3.8, 4) is 0 Å². The van der Waals surface area contributed by atoms with Gasteiger partial charge in [-0.15, -0.1) is 0 Å². The highest BCUT2D eigenvalue weighted by molar-refractivity contribution is 6.31. The Hall–Kier alpha value is -1.17. The van der Waals surface area contributed by atoms with Gasteiger partial charge in [-0.2, -0.15) is 0 Å². The molecule has 0 spiro atoms. The molecule has 1 saturated heterocycles. The molecule has 0 saturated carbocycles. The number of piperidine rings is 1. The average Bonchev–Trinajstić information content (AvgIpc) is 2.41. The number of non-ortho nitro benzene ring substituents is 1. The van der Waals surface area contributed by atoms with E-state index in [2.05, 4.69) is 4.90 Å². The van der Waals surface area contributed by atoms with E-state index in [9.17, 15) is 10.1 Å². The van der Waals surface area contributed by atoms with Gasteiger partial charge in [0.1, 0.15) is 0 Å². The summed E-state index contributed by atoms with van der Waals surface area (Å²) in [4.78, 5) is 12.6. The molecule has 0 amide bonds. The number of rotatable bonds is 4. The number of benzene rings is 1. The number of nitro benzene ring substituents is 1. The van der Waals surface area contributed by atoms with Gasteiger partial charge in [0.15, 0.2) is 0 Å². The van der Waals surface area contributed by atoms with Crippen molar-refractivity contribution in [3.63, 3.8) is 0 Å². The molecule has 1 fully saturated rings. The number of nitro groups is 1. The zero-order valence-corrected chi connectivity index (χ0v) is 12.3. The van der Waals surface area contributed by atoms with E-state index in [4.69, 9.17) is 17.3 Å². The number of hydrogen-bond donors (Lipinski definition) is 1. The first-order chi connectivity index (χ1) is 9.49. The van der Waals surface area contributed by atoms with Crippen LogP contribution in [0.4, 0.5) is 5.69 Å². The molecule has 20 heavy (non-hydrogen) atoms. The summed E-state index contributed by atoms with van der Waals surface area (Å²) in [6.07, 6.45) is 3.47. The largest absolute Gasteiger partial charge is 0.327 e. The van der Waals surface area contributed by atoms with Gasteiger partial charge < -0.3 is 5.73 Å². The third kappa shape index (κ3) is 3.48. The Morgan fingerprint density at radius 3 is 2.90 bits per heavy atom. The summed E-state index contributed by atoms with van der Waals surface area (Å²) < 4.78 is 0. The smallest absolute Gasteiger partial charge is 0.270 e. The molecule has 1 aliphatic heterocycles. The van der Waals surface area contributed by atoms with Crippen molar-refractivity contribution in [3.05, 3.63) is 38.9 Å². The Labute approximate surface area is 123 Å². The molecular formula is C14H20ClN3O2. The Kier molecular flexibility index (Phi) is 4.96. The predicted molar refractivity (Wildman–Crippen MR) is 79.8 cm³/mol. The van der Waals surface area contributed by atoms with Crippen LogP contribution in [0, 0.1) is 10.1 Å². The molecule has 1 aliphatic rings. The van der Waals surface area contributed by atoms with Crippen molar-refractivity contribution >= 4 is 17.3 Å². The molecule has 5 nitrogen and oxygen atoms in total. The highest BCUT2D eigenvalue weighted by Crippen LogP contribution is 2.27. The Bertz CT molecular complexity index is 493. The molecule has 0 radical (unpaired) electrons. The van der Waals surface area contributed by atoms with Crippen LogP contribution in [0.15, 0.2) is 18.2 Å². The normalized spacial score (nSPS) is 21.6. The minimum atomic E-state index is -0.429. The van der Waals surface area contributed by atoms with E-state index < -0.39 is 4.92 Å². The molecule has 110 valence electrons. The Balaban J connectivity index is 2.14. The monoisotopic (exact) mass is 297 g/mol. The number of nitrogens with zero attached hydrogens (tertiary/aromatic N) is 2. The van der Waals surface area contributed by atoms with E-state index >= 15 is 0 Å². The highest BCUT2D eigenvalue weighted by atomic mass is 35.5. The molecule has 2 unspecified atom stereocenters. The molecule has 6 heteroatoms. The predicted octanol–water partition coefficient (Wildman–Crippen LogP) is 2.95. The van der Waals surface area contributed by atoms with Crippen LogP contribution in [0.1, 0.15) is 31.7 Å². The zero-order valence-electron chi connectivity index (χ0n) is 11.6. The number of hydrogen-bond acceptors (Lipinski definition) is 4. The molecule has 0 bridgehead atoms. The van der Waals surface area contributed by atoms with Gasteiger partial charge in [0.25, 0.3) is 5.69 Å². The molecular weight excluding hydrogens is 278 g/mol. The number of nitrogens with two attached hydrogens (primary N) is 1. The van der Waals surface area contributed by atoms with Crippen molar-refractivity contribution in [1.82, 2.24) is 4.90 Å². The lowest BCUT2D eigenvalue weighted by Gasteiger charge is -2.38. The molecule has 2 atom stereocenters. The summed E-state index contributed by atoms with van der Waals surface area (Å²) >= 11 is 6.16. The van der Waals surface area contributed by atoms with E-state index in [1.54, 1.807) is 6.07 Å². The topological polar surface area (TPSA) is 72.4 Å². The molecule has 1 aromatic rings. The van der Waals surface area contributed by atoms with E-state index in [0.717, 1.165) is 24.9 Å². The Morgan fingerprint density at radius 2 is 2.30 bits per heavy atom. The number of halogens is 1. The lowest BCUT2D eigenvalue weighted by Crippen LogP contribution is -2.48. The minimum absolute atomic E-state index is 0.0288. The van der Waals surface area contributed by atoms with Crippen LogP contribution >= 0.6 is 11.6 Å². The van der Waals surface area contributed by atoms with Crippen LogP contribution in [-0.4, -0.2) is 28.5 Å². The molecule has 0 aliphatic carbocycles. The SMILES string of the molecule is CC(N)C1CCCCN1Cc1ccc([N+](=O)[O-])cc1Cl. The maximum atomic E-state index is 10.7. The maximum Gasteiger partial charge on any atom is 0.270 e. The summed E-state index contributed by atoms with van der Waals surface area (Å²) in [7, 11) is 0. The quantitative estimate of drug-likeness (QED) is 0.685. The molecule has 1 heterocycles. The lowest BCUT2D eigenvalue weighted by molar-refractivity contribution is -0.384. The van der Waals surface area contributed by atoms with Crippen LogP contribution in [0.5, 0.6) is 0 Å². The van der Waals surface area contributed by atoms with E-state index in [1.807, 2.05) is 6.92 Å². The maximum absolute atomic E-state index is 10.7.